The fraction of sp³-hybridized carbons (Fsp3) is 0.440. The van der Waals surface area contributed by atoms with Gasteiger partial charge in [-0.1, -0.05) is 50.2 Å². The standard InChI is InChI=1S/C25H34N4O2/c1-4-20-10-6-7-12-22(20)26-23(30)17-28-13-15-29(16-14-28)18-24(31)27-25-19(3)9-8-11-21(25)5-2/h6-12H,4-5,13-18H2,1-3H3,(H,26,30)(H,27,31)/p+2. The second-order valence-corrected chi connectivity index (χ2v) is 8.42. The molecule has 0 atom stereocenters. The Kier molecular flexibility index (Phi) is 8.20. The molecular weight excluding hydrogens is 388 g/mol. The van der Waals surface area contributed by atoms with E-state index in [4.69, 9.17) is 0 Å². The van der Waals surface area contributed by atoms with Crippen LogP contribution in [-0.4, -0.2) is 51.1 Å². The Morgan fingerprint density at radius 2 is 1.32 bits per heavy atom. The SMILES string of the molecule is CCc1ccccc1NC(=O)C[NH+]1CC[NH+](CC(=O)Nc2c(C)cccc2CC)CC1. The van der Waals surface area contributed by atoms with Crippen molar-refractivity contribution in [3.8, 4) is 0 Å². The van der Waals surface area contributed by atoms with Gasteiger partial charge in [0.25, 0.3) is 11.8 Å². The van der Waals surface area contributed by atoms with E-state index in [0.29, 0.717) is 13.1 Å². The minimum atomic E-state index is 0.0590. The van der Waals surface area contributed by atoms with Crippen LogP contribution in [0.15, 0.2) is 42.5 Å². The van der Waals surface area contributed by atoms with E-state index in [-0.39, 0.29) is 11.8 Å². The summed E-state index contributed by atoms with van der Waals surface area (Å²) < 4.78 is 0. The minimum absolute atomic E-state index is 0.0590. The maximum Gasteiger partial charge on any atom is 0.279 e. The van der Waals surface area contributed by atoms with Crippen molar-refractivity contribution in [3.63, 3.8) is 0 Å². The monoisotopic (exact) mass is 424 g/mol. The zero-order valence-corrected chi connectivity index (χ0v) is 19.0. The number of para-hydroxylation sites is 2. The van der Waals surface area contributed by atoms with Crippen LogP contribution < -0.4 is 20.4 Å². The Bertz CT molecular complexity index is 904. The van der Waals surface area contributed by atoms with E-state index in [1.54, 1.807) is 0 Å². The van der Waals surface area contributed by atoms with Crippen LogP contribution in [0.1, 0.15) is 30.5 Å². The van der Waals surface area contributed by atoms with Crippen molar-refractivity contribution in [1.82, 2.24) is 0 Å². The van der Waals surface area contributed by atoms with Gasteiger partial charge in [-0.05, 0) is 42.5 Å². The number of rotatable bonds is 8. The van der Waals surface area contributed by atoms with E-state index in [0.717, 1.165) is 61.5 Å². The van der Waals surface area contributed by atoms with Crippen molar-refractivity contribution in [2.24, 2.45) is 0 Å². The van der Waals surface area contributed by atoms with Crippen LogP contribution in [0.4, 0.5) is 11.4 Å². The molecule has 0 aliphatic carbocycles. The largest absolute Gasteiger partial charge is 0.321 e. The summed E-state index contributed by atoms with van der Waals surface area (Å²) >= 11 is 0. The van der Waals surface area contributed by atoms with Crippen LogP contribution in [0.2, 0.25) is 0 Å². The highest BCUT2D eigenvalue weighted by Crippen LogP contribution is 2.20. The average molecular weight is 425 g/mol. The normalized spacial score (nSPS) is 18.4. The van der Waals surface area contributed by atoms with E-state index in [1.165, 1.54) is 15.4 Å². The van der Waals surface area contributed by atoms with Gasteiger partial charge in [0.05, 0.1) is 0 Å². The number of carbonyl (C=O) groups is 2. The number of nitrogens with one attached hydrogen (secondary N) is 4. The molecule has 0 spiro atoms. The highest BCUT2D eigenvalue weighted by Gasteiger charge is 2.26. The first-order chi connectivity index (χ1) is 15.0. The van der Waals surface area contributed by atoms with Gasteiger partial charge in [0.15, 0.2) is 13.1 Å². The van der Waals surface area contributed by atoms with Crippen molar-refractivity contribution >= 4 is 23.2 Å². The lowest BCUT2D eigenvalue weighted by atomic mass is 10.1. The Morgan fingerprint density at radius 3 is 1.94 bits per heavy atom. The van der Waals surface area contributed by atoms with Crippen LogP contribution in [0, 0.1) is 6.92 Å². The quantitative estimate of drug-likeness (QED) is 0.498. The van der Waals surface area contributed by atoms with E-state index in [9.17, 15) is 9.59 Å². The molecule has 2 amide bonds. The number of quaternary nitrogens is 2. The Labute approximate surface area is 185 Å². The van der Waals surface area contributed by atoms with Crippen LogP contribution in [-0.2, 0) is 22.4 Å². The van der Waals surface area contributed by atoms with E-state index < -0.39 is 0 Å². The Balaban J connectivity index is 1.44. The zero-order valence-electron chi connectivity index (χ0n) is 19.0. The van der Waals surface area contributed by atoms with Crippen LogP contribution >= 0.6 is 0 Å². The third-order valence-electron chi connectivity index (χ3n) is 6.16. The molecule has 0 saturated carbocycles. The molecule has 4 N–H and O–H groups in total. The first kappa shape index (κ1) is 23.0. The van der Waals surface area contributed by atoms with Gasteiger partial charge in [-0.3, -0.25) is 9.59 Å². The van der Waals surface area contributed by atoms with Gasteiger partial charge < -0.3 is 20.4 Å². The van der Waals surface area contributed by atoms with Crippen LogP contribution in [0.5, 0.6) is 0 Å². The second kappa shape index (κ2) is 11.1. The number of hydrogen-bond acceptors (Lipinski definition) is 2. The molecule has 1 aliphatic heterocycles. The van der Waals surface area contributed by atoms with Crippen LogP contribution in [0.25, 0.3) is 0 Å². The van der Waals surface area contributed by atoms with Crippen molar-refractivity contribution in [2.45, 2.75) is 33.6 Å². The van der Waals surface area contributed by atoms with Crippen molar-refractivity contribution < 1.29 is 19.4 Å². The molecule has 0 radical (unpaired) electrons. The van der Waals surface area contributed by atoms with Crippen LogP contribution in [0.3, 0.4) is 0 Å². The number of amides is 2. The van der Waals surface area contributed by atoms with E-state index >= 15 is 0 Å². The highest BCUT2D eigenvalue weighted by atomic mass is 16.2. The van der Waals surface area contributed by atoms with Gasteiger partial charge in [-0.2, -0.15) is 0 Å². The summed E-state index contributed by atoms with van der Waals surface area (Å²) in [6.07, 6.45) is 1.80. The van der Waals surface area contributed by atoms with Crippen molar-refractivity contribution in [3.05, 3.63) is 59.2 Å². The van der Waals surface area contributed by atoms with Gasteiger partial charge in [-0.25, -0.2) is 0 Å². The molecule has 1 heterocycles. The molecule has 3 rings (SSSR count). The van der Waals surface area contributed by atoms with Gasteiger partial charge in [0.2, 0.25) is 0 Å². The van der Waals surface area contributed by atoms with E-state index in [1.807, 2.05) is 37.3 Å². The predicted molar refractivity (Wildman–Crippen MR) is 125 cm³/mol. The number of aryl methyl sites for hydroxylation is 3. The second-order valence-electron chi connectivity index (χ2n) is 8.42. The topological polar surface area (TPSA) is 67.1 Å². The predicted octanol–water partition coefficient (Wildman–Crippen LogP) is 0.480. The molecule has 1 saturated heterocycles. The first-order valence-electron chi connectivity index (χ1n) is 11.4. The summed E-state index contributed by atoms with van der Waals surface area (Å²) in [7, 11) is 0. The molecule has 166 valence electrons. The molecule has 2 aromatic rings. The van der Waals surface area contributed by atoms with Gasteiger partial charge in [0, 0.05) is 11.4 Å². The van der Waals surface area contributed by atoms with Gasteiger partial charge >= 0.3 is 0 Å². The summed E-state index contributed by atoms with van der Waals surface area (Å²) in [4.78, 5) is 27.7. The number of piperazine rings is 1. The summed E-state index contributed by atoms with van der Waals surface area (Å²) in [6.45, 7) is 10.8. The smallest absolute Gasteiger partial charge is 0.279 e. The minimum Gasteiger partial charge on any atom is -0.321 e. The maximum atomic E-state index is 12.6. The third kappa shape index (κ3) is 6.39. The molecule has 31 heavy (non-hydrogen) atoms. The fourth-order valence-corrected chi connectivity index (χ4v) is 4.30. The molecular formula is C25H36N4O2+2. The fourth-order valence-electron chi connectivity index (χ4n) is 4.30. The molecule has 0 unspecified atom stereocenters. The molecule has 0 aromatic heterocycles. The number of hydrogen-bond donors (Lipinski definition) is 4. The Morgan fingerprint density at radius 1 is 0.774 bits per heavy atom. The molecule has 1 fully saturated rings. The molecule has 6 heteroatoms. The summed E-state index contributed by atoms with van der Waals surface area (Å²) in [5.41, 5.74) is 5.31. The molecule has 2 aromatic carbocycles. The van der Waals surface area contributed by atoms with Crippen molar-refractivity contribution in [1.29, 1.82) is 0 Å². The summed E-state index contributed by atoms with van der Waals surface area (Å²) in [5.74, 6) is 0.125. The number of carbonyl (C=O) groups excluding carboxylic acids is 2. The van der Waals surface area contributed by atoms with Gasteiger partial charge in [-0.15, -0.1) is 0 Å². The summed E-state index contributed by atoms with van der Waals surface area (Å²) in [5, 5.41) is 6.19. The molecule has 1 aliphatic rings. The Hall–Kier alpha value is -2.70. The summed E-state index contributed by atoms with van der Waals surface area (Å²) in [6, 6.07) is 14.1. The lowest BCUT2D eigenvalue weighted by Gasteiger charge is -2.29. The number of benzene rings is 2. The average Bonchev–Trinajstić information content (AvgIpc) is 2.77. The van der Waals surface area contributed by atoms with Gasteiger partial charge in [0.1, 0.15) is 26.2 Å². The number of anilines is 2. The van der Waals surface area contributed by atoms with E-state index in [2.05, 4.69) is 36.6 Å². The lowest BCUT2D eigenvalue weighted by Crippen LogP contribution is -3.28. The van der Waals surface area contributed by atoms with Crippen molar-refractivity contribution in [2.75, 3.05) is 49.9 Å². The lowest BCUT2D eigenvalue weighted by molar-refractivity contribution is -1.00. The molecule has 6 nitrogen and oxygen atoms in total. The molecule has 0 bridgehead atoms. The third-order valence-corrected chi connectivity index (χ3v) is 6.16. The zero-order chi connectivity index (χ0) is 22.2. The first-order valence-corrected chi connectivity index (χ1v) is 11.4. The highest BCUT2D eigenvalue weighted by molar-refractivity contribution is 5.93. The maximum absolute atomic E-state index is 12.6.